The van der Waals surface area contributed by atoms with E-state index < -0.39 is 28.5 Å². The van der Waals surface area contributed by atoms with Crippen molar-refractivity contribution in [1.82, 2.24) is 10.2 Å². The lowest BCUT2D eigenvalue weighted by Gasteiger charge is -2.32. The average molecular weight is 548 g/mol. The number of halogens is 2. The molecule has 3 rings (SSSR count). The van der Waals surface area contributed by atoms with Gasteiger partial charge in [-0.2, -0.15) is 0 Å². The first-order chi connectivity index (χ1) is 17.1. The Balaban J connectivity index is 2.05. The molecule has 0 saturated heterocycles. The molecule has 0 heterocycles. The molecule has 1 N–H and O–H groups in total. The van der Waals surface area contributed by atoms with Gasteiger partial charge in [-0.1, -0.05) is 71.7 Å². The zero-order valence-corrected chi connectivity index (χ0v) is 22.2. The van der Waals surface area contributed by atoms with Crippen LogP contribution in [0.25, 0.3) is 0 Å². The van der Waals surface area contributed by atoms with Crippen LogP contribution in [-0.2, 0) is 26.2 Å². The molecule has 0 aliphatic heterocycles. The molecule has 0 spiro atoms. The quantitative estimate of drug-likeness (QED) is 0.397. The first-order valence-corrected chi connectivity index (χ1v) is 13.5. The van der Waals surface area contributed by atoms with E-state index >= 15 is 0 Å². The van der Waals surface area contributed by atoms with Crippen LogP contribution in [0.2, 0.25) is 10.0 Å². The van der Waals surface area contributed by atoms with Crippen molar-refractivity contribution in [2.75, 3.05) is 17.4 Å². The second-order valence-electron chi connectivity index (χ2n) is 8.00. The molecule has 0 bridgehead atoms. The lowest BCUT2D eigenvalue weighted by atomic mass is 10.1. The number of anilines is 1. The molecule has 7 nitrogen and oxygen atoms in total. The second kappa shape index (κ2) is 12.3. The third-order valence-corrected chi connectivity index (χ3v) is 7.83. The molecule has 190 valence electrons. The number of hydrogen-bond donors (Lipinski definition) is 1. The fourth-order valence-electron chi connectivity index (χ4n) is 3.59. The van der Waals surface area contributed by atoms with Gasteiger partial charge in [-0.3, -0.25) is 13.9 Å². The number of sulfonamides is 1. The van der Waals surface area contributed by atoms with Crippen LogP contribution < -0.4 is 9.62 Å². The van der Waals surface area contributed by atoms with Crippen molar-refractivity contribution in [3.05, 3.63) is 94.5 Å². The van der Waals surface area contributed by atoms with Gasteiger partial charge in [0.2, 0.25) is 11.8 Å². The summed E-state index contributed by atoms with van der Waals surface area (Å²) in [5, 5.41) is 3.09. The fourth-order valence-corrected chi connectivity index (χ4v) is 5.48. The van der Waals surface area contributed by atoms with Crippen LogP contribution in [0.1, 0.15) is 19.4 Å². The minimum atomic E-state index is -4.21. The first-order valence-electron chi connectivity index (χ1n) is 11.3. The maximum Gasteiger partial charge on any atom is 0.264 e. The summed E-state index contributed by atoms with van der Waals surface area (Å²) in [6, 6.07) is 20.4. The van der Waals surface area contributed by atoms with Gasteiger partial charge in [-0.15, -0.1) is 0 Å². The van der Waals surface area contributed by atoms with Crippen molar-refractivity contribution < 1.29 is 18.0 Å². The lowest BCUT2D eigenvalue weighted by Crippen LogP contribution is -2.51. The van der Waals surface area contributed by atoms with Crippen LogP contribution in [0.4, 0.5) is 5.69 Å². The third kappa shape index (κ3) is 6.57. The van der Waals surface area contributed by atoms with Crippen LogP contribution in [0.15, 0.2) is 83.8 Å². The van der Waals surface area contributed by atoms with Crippen molar-refractivity contribution >= 4 is 50.7 Å². The van der Waals surface area contributed by atoms with Crippen molar-refractivity contribution in [2.45, 2.75) is 31.3 Å². The molecule has 3 aromatic rings. The van der Waals surface area contributed by atoms with Crippen molar-refractivity contribution in [1.29, 1.82) is 0 Å². The Hall–Kier alpha value is -3.07. The zero-order chi connectivity index (χ0) is 26.3. The largest absolute Gasteiger partial charge is 0.355 e. The minimum Gasteiger partial charge on any atom is -0.355 e. The highest BCUT2D eigenvalue weighted by molar-refractivity contribution is 7.92. The van der Waals surface area contributed by atoms with E-state index in [2.05, 4.69) is 5.32 Å². The molecular weight excluding hydrogens is 521 g/mol. The summed E-state index contributed by atoms with van der Waals surface area (Å²) in [5.74, 6) is -0.923. The predicted octanol–water partition coefficient (Wildman–Crippen LogP) is 4.74. The van der Waals surface area contributed by atoms with E-state index in [4.69, 9.17) is 23.2 Å². The molecule has 36 heavy (non-hydrogen) atoms. The molecule has 0 radical (unpaired) electrons. The third-order valence-electron chi connectivity index (χ3n) is 5.50. The van der Waals surface area contributed by atoms with Crippen LogP contribution in [0.3, 0.4) is 0 Å². The summed E-state index contributed by atoms with van der Waals surface area (Å²) in [6.07, 6.45) is 0. The fraction of sp³-hybridized carbons (Fsp3) is 0.231. The van der Waals surface area contributed by atoms with E-state index in [9.17, 15) is 18.0 Å². The molecule has 0 aliphatic carbocycles. The van der Waals surface area contributed by atoms with Crippen LogP contribution in [0.5, 0.6) is 0 Å². The van der Waals surface area contributed by atoms with E-state index in [1.807, 2.05) is 30.3 Å². The highest BCUT2D eigenvalue weighted by Gasteiger charge is 2.33. The highest BCUT2D eigenvalue weighted by Crippen LogP contribution is 2.33. The number of nitrogens with one attached hydrogen (secondary N) is 1. The Morgan fingerprint density at radius 3 is 2.17 bits per heavy atom. The zero-order valence-electron chi connectivity index (χ0n) is 19.9. The van der Waals surface area contributed by atoms with Gasteiger partial charge in [0, 0.05) is 18.1 Å². The summed E-state index contributed by atoms with van der Waals surface area (Å²) < 4.78 is 28.3. The van der Waals surface area contributed by atoms with Crippen LogP contribution >= 0.6 is 23.2 Å². The summed E-state index contributed by atoms with van der Waals surface area (Å²) in [4.78, 5) is 27.7. The van der Waals surface area contributed by atoms with Crippen molar-refractivity contribution in [3.8, 4) is 0 Å². The maximum atomic E-state index is 13.7. The summed E-state index contributed by atoms with van der Waals surface area (Å²) >= 11 is 12.5. The Morgan fingerprint density at radius 1 is 0.944 bits per heavy atom. The number of carbonyl (C=O) groups is 2. The molecule has 0 saturated carbocycles. The van der Waals surface area contributed by atoms with E-state index in [0.717, 1.165) is 9.87 Å². The summed E-state index contributed by atoms with van der Waals surface area (Å²) in [6.45, 7) is 3.30. The SMILES string of the molecule is CCNC(=O)[C@H](C)N(Cc1ccccc1)C(=O)CN(c1cc(Cl)ccc1Cl)S(=O)(=O)c1ccccc1. The number of amides is 2. The van der Waals surface area contributed by atoms with Gasteiger partial charge in [0.25, 0.3) is 10.0 Å². The summed E-state index contributed by atoms with van der Waals surface area (Å²) in [7, 11) is -4.21. The van der Waals surface area contributed by atoms with Gasteiger partial charge in [-0.05, 0) is 49.7 Å². The summed E-state index contributed by atoms with van der Waals surface area (Å²) in [5.41, 5.74) is 0.854. The lowest BCUT2D eigenvalue weighted by molar-refractivity contribution is -0.139. The topological polar surface area (TPSA) is 86.8 Å². The molecule has 0 aliphatic rings. The predicted molar refractivity (Wildman–Crippen MR) is 143 cm³/mol. The number of hydrogen-bond acceptors (Lipinski definition) is 4. The standard InChI is InChI=1S/C26H27Cl2N3O4S/c1-3-29-26(33)19(2)30(17-20-10-6-4-7-11-20)25(32)18-31(24-16-21(27)14-15-23(24)28)36(34,35)22-12-8-5-9-13-22/h4-16,19H,3,17-18H2,1-2H3,(H,29,33)/t19-/m0/s1. The molecular formula is C26H27Cl2N3O4S. The van der Waals surface area contributed by atoms with Gasteiger partial charge < -0.3 is 10.2 Å². The Labute approximate surface area is 221 Å². The Morgan fingerprint density at radius 2 is 1.56 bits per heavy atom. The average Bonchev–Trinajstić information content (AvgIpc) is 2.88. The van der Waals surface area contributed by atoms with Gasteiger partial charge in [0.1, 0.15) is 12.6 Å². The number of rotatable bonds is 10. The molecule has 10 heteroatoms. The molecule has 3 aromatic carbocycles. The van der Waals surface area contributed by atoms with Crippen molar-refractivity contribution in [2.24, 2.45) is 0 Å². The van der Waals surface area contributed by atoms with Gasteiger partial charge in [0.05, 0.1) is 15.6 Å². The molecule has 0 unspecified atom stereocenters. The molecule has 0 fully saturated rings. The van der Waals surface area contributed by atoms with Crippen LogP contribution in [-0.4, -0.2) is 44.3 Å². The second-order valence-corrected chi connectivity index (χ2v) is 10.7. The minimum absolute atomic E-state index is 0.0137. The normalized spacial score (nSPS) is 12.0. The smallest absolute Gasteiger partial charge is 0.264 e. The van der Waals surface area contributed by atoms with E-state index in [-0.39, 0.29) is 33.1 Å². The van der Waals surface area contributed by atoms with E-state index in [1.54, 1.807) is 32.0 Å². The highest BCUT2D eigenvalue weighted by atomic mass is 35.5. The number of nitrogens with zero attached hydrogens (tertiary/aromatic N) is 2. The number of benzene rings is 3. The van der Waals surface area contributed by atoms with Crippen LogP contribution in [0, 0.1) is 0 Å². The Kier molecular flexibility index (Phi) is 9.37. The molecule has 0 aromatic heterocycles. The molecule has 1 atom stereocenters. The Bertz CT molecular complexity index is 1310. The maximum absolute atomic E-state index is 13.7. The monoisotopic (exact) mass is 547 g/mol. The molecule has 2 amide bonds. The van der Waals surface area contributed by atoms with Gasteiger partial charge >= 0.3 is 0 Å². The first kappa shape index (κ1) is 27.5. The van der Waals surface area contributed by atoms with Gasteiger partial charge in [0.15, 0.2) is 0 Å². The number of likely N-dealkylation sites (N-methyl/N-ethyl adjacent to an activating group) is 1. The van der Waals surface area contributed by atoms with Crippen molar-refractivity contribution in [3.63, 3.8) is 0 Å². The number of carbonyl (C=O) groups excluding carboxylic acids is 2. The van der Waals surface area contributed by atoms with E-state index in [1.165, 1.54) is 35.2 Å². The van der Waals surface area contributed by atoms with E-state index in [0.29, 0.717) is 6.54 Å². The van der Waals surface area contributed by atoms with Gasteiger partial charge in [-0.25, -0.2) is 8.42 Å².